The lowest BCUT2D eigenvalue weighted by Gasteiger charge is -2.50. The molecule has 0 amide bonds. The van der Waals surface area contributed by atoms with E-state index in [1.807, 2.05) is 0 Å². The Morgan fingerprint density at radius 1 is 1.46 bits per heavy atom. The van der Waals surface area contributed by atoms with E-state index < -0.39 is 0 Å². The first-order valence-electron chi connectivity index (χ1n) is 5.45. The lowest BCUT2D eigenvalue weighted by molar-refractivity contribution is 0.115. The molecule has 0 aromatic rings. The maximum absolute atomic E-state index is 3.55. The van der Waals surface area contributed by atoms with Crippen LogP contribution in [0.4, 0.5) is 0 Å². The van der Waals surface area contributed by atoms with Gasteiger partial charge in [-0.15, -0.1) is 0 Å². The van der Waals surface area contributed by atoms with Gasteiger partial charge in [-0.3, -0.25) is 0 Å². The summed E-state index contributed by atoms with van der Waals surface area (Å²) in [6.45, 7) is 2.45. The van der Waals surface area contributed by atoms with Crippen molar-refractivity contribution in [1.82, 2.24) is 10.6 Å². The molecule has 2 heteroatoms. The van der Waals surface area contributed by atoms with Gasteiger partial charge in [0.05, 0.1) is 0 Å². The number of likely N-dealkylation sites (N-methyl/N-ethyl adjacent to an activating group) is 1. The van der Waals surface area contributed by atoms with E-state index in [2.05, 4.69) is 29.8 Å². The Balaban J connectivity index is 2.01. The van der Waals surface area contributed by atoms with Crippen molar-refractivity contribution in [2.24, 2.45) is 17.8 Å². The molecule has 4 atom stereocenters. The Hall–Kier alpha value is -0.340. The summed E-state index contributed by atoms with van der Waals surface area (Å²) in [5.74, 6) is 2.63. The molecule has 2 fully saturated rings. The standard InChI is InChI=1S/C11H18N2/c1-12-11-4-2-8(3-5-11)9-6-13-7-10(9)11/h2,4,8-10,12-13H,3,5-7H2,1H3. The number of hydrogen-bond acceptors (Lipinski definition) is 2. The third-order valence-corrected chi connectivity index (χ3v) is 4.47. The number of rotatable bonds is 1. The van der Waals surface area contributed by atoms with Gasteiger partial charge in [0, 0.05) is 12.1 Å². The highest BCUT2D eigenvalue weighted by Crippen LogP contribution is 2.48. The Kier molecular flexibility index (Phi) is 1.59. The van der Waals surface area contributed by atoms with Crippen LogP contribution in [0.5, 0.6) is 0 Å². The van der Waals surface area contributed by atoms with E-state index >= 15 is 0 Å². The van der Waals surface area contributed by atoms with Gasteiger partial charge in [-0.1, -0.05) is 12.2 Å². The van der Waals surface area contributed by atoms with Crippen molar-refractivity contribution >= 4 is 0 Å². The van der Waals surface area contributed by atoms with Crippen LogP contribution < -0.4 is 10.6 Å². The summed E-state index contributed by atoms with van der Waals surface area (Å²) in [7, 11) is 2.12. The van der Waals surface area contributed by atoms with Gasteiger partial charge in [-0.05, 0) is 44.2 Å². The van der Waals surface area contributed by atoms with Gasteiger partial charge in [0.15, 0.2) is 0 Å². The first-order chi connectivity index (χ1) is 6.36. The van der Waals surface area contributed by atoms with Gasteiger partial charge >= 0.3 is 0 Å². The maximum atomic E-state index is 3.55. The van der Waals surface area contributed by atoms with Crippen LogP contribution in [0.1, 0.15) is 12.8 Å². The SMILES string of the molecule is CNC12C=CC(CC1)C1CNCC12. The van der Waals surface area contributed by atoms with Crippen LogP contribution in [-0.2, 0) is 0 Å². The molecule has 4 aliphatic rings. The molecule has 2 N–H and O–H groups in total. The molecule has 1 heterocycles. The summed E-state index contributed by atoms with van der Waals surface area (Å²) in [6.07, 6.45) is 7.62. The number of hydrogen-bond donors (Lipinski definition) is 2. The highest BCUT2D eigenvalue weighted by atomic mass is 15.0. The van der Waals surface area contributed by atoms with Gasteiger partial charge in [0.25, 0.3) is 0 Å². The van der Waals surface area contributed by atoms with Crippen LogP contribution in [0.25, 0.3) is 0 Å². The molecule has 0 spiro atoms. The molecule has 2 bridgehead atoms. The van der Waals surface area contributed by atoms with Crippen LogP contribution in [-0.4, -0.2) is 25.7 Å². The molecule has 1 saturated carbocycles. The zero-order valence-electron chi connectivity index (χ0n) is 8.22. The molecule has 4 unspecified atom stereocenters. The fraction of sp³-hybridized carbons (Fsp3) is 0.818. The van der Waals surface area contributed by atoms with E-state index in [1.54, 1.807) is 0 Å². The highest BCUT2D eigenvalue weighted by Gasteiger charge is 2.51. The minimum atomic E-state index is 0.336. The zero-order valence-corrected chi connectivity index (χ0v) is 8.22. The van der Waals surface area contributed by atoms with E-state index in [4.69, 9.17) is 0 Å². The van der Waals surface area contributed by atoms with Crippen LogP contribution in [0.2, 0.25) is 0 Å². The Labute approximate surface area is 79.8 Å². The van der Waals surface area contributed by atoms with Gasteiger partial charge in [-0.2, -0.15) is 0 Å². The summed E-state index contributed by atoms with van der Waals surface area (Å²) in [4.78, 5) is 0. The molecular formula is C11H18N2. The van der Waals surface area contributed by atoms with E-state index in [0.717, 1.165) is 17.8 Å². The van der Waals surface area contributed by atoms with Crippen LogP contribution in [0.3, 0.4) is 0 Å². The third-order valence-electron chi connectivity index (χ3n) is 4.47. The van der Waals surface area contributed by atoms with Crippen molar-refractivity contribution in [1.29, 1.82) is 0 Å². The van der Waals surface area contributed by atoms with Crippen molar-refractivity contribution in [3.05, 3.63) is 12.2 Å². The Morgan fingerprint density at radius 2 is 2.38 bits per heavy atom. The monoisotopic (exact) mass is 178 g/mol. The number of nitrogens with one attached hydrogen (secondary N) is 2. The fourth-order valence-electron chi connectivity index (χ4n) is 3.65. The van der Waals surface area contributed by atoms with E-state index in [0.29, 0.717) is 5.54 Å². The largest absolute Gasteiger partial charge is 0.316 e. The average molecular weight is 178 g/mol. The second-order valence-electron chi connectivity index (χ2n) is 4.78. The fourth-order valence-corrected chi connectivity index (χ4v) is 3.65. The highest BCUT2D eigenvalue weighted by molar-refractivity contribution is 5.23. The predicted molar refractivity (Wildman–Crippen MR) is 53.5 cm³/mol. The minimum Gasteiger partial charge on any atom is -0.316 e. The molecule has 4 rings (SSSR count). The lowest BCUT2D eigenvalue weighted by Crippen LogP contribution is -2.57. The quantitative estimate of drug-likeness (QED) is 0.579. The molecule has 72 valence electrons. The first kappa shape index (κ1) is 8.01. The molecule has 0 radical (unpaired) electrons. The third kappa shape index (κ3) is 0.906. The summed E-state index contributed by atoms with van der Waals surface area (Å²) in [5, 5.41) is 7.09. The average Bonchev–Trinajstić information content (AvgIpc) is 2.70. The zero-order chi connectivity index (χ0) is 8.89. The molecule has 1 saturated heterocycles. The molecular weight excluding hydrogens is 160 g/mol. The predicted octanol–water partition coefficient (Wildman–Crippen LogP) is 0.760. The molecule has 2 nitrogen and oxygen atoms in total. The molecule has 0 aromatic carbocycles. The van der Waals surface area contributed by atoms with Crippen molar-refractivity contribution in [3.8, 4) is 0 Å². The van der Waals surface area contributed by atoms with Crippen molar-refractivity contribution in [2.45, 2.75) is 18.4 Å². The van der Waals surface area contributed by atoms with Crippen LogP contribution >= 0.6 is 0 Å². The minimum absolute atomic E-state index is 0.336. The molecule has 1 aliphatic heterocycles. The van der Waals surface area contributed by atoms with Crippen molar-refractivity contribution in [2.75, 3.05) is 20.1 Å². The number of allylic oxidation sites excluding steroid dienone is 1. The summed E-state index contributed by atoms with van der Waals surface area (Å²) in [6, 6.07) is 0. The van der Waals surface area contributed by atoms with Crippen molar-refractivity contribution in [3.63, 3.8) is 0 Å². The van der Waals surface area contributed by atoms with E-state index in [1.165, 1.54) is 25.9 Å². The van der Waals surface area contributed by atoms with Gasteiger partial charge in [-0.25, -0.2) is 0 Å². The van der Waals surface area contributed by atoms with Gasteiger partial charge in [0.2, 0.25) is 0 Å². The second kappa shape index (κ2) is 2.58. The lowest BCUT2D eigenvalue weighted by atomic mass is 9.59. The van der Waals surface area contributed by atoms with Gasteiger partial charge < -0.3 is 10.6 Å². The molecule has 0 aromatic heterocycles. The first-order valence-corrected chi connectivity index (χ1v) is 5.45. The normalized spacial score (nSPS) is 52.5. The van der Waals surface area contributed by atoms with Crippen molar-refractivity contribution < 1.29 is 0 Å². The summed E-state index contributed by atoms with van der Waals surface area (Å²) < 4.78 is 0. The second-order valence-corrected chi connectivity index (χ2v) is 4.78. The summed E-state index contributed by atoms with van der Waals surface area (Å²) >= 11 is 0. The maximum Gasteiger partial charge on any atom is 0.0406 e. The van der Waals surface area contributed by atoms with E-state index in [9.17, 15) is 0 Å². The topological polar surface area (TPSA) is 24.1 Å². The number of fused-ring (bicyclic) bond motifs is 1. The Morgan fingerprint density at radius 3 is 3.08 bits per heavy atom. The smallest absolute Gasteiger partial charge is 0.0406 e. The van der Waals surface area contributed by atoms with Crippen LogP contribution in [0, 0.1) is 17.8 Å². The van der Waals surface area contributed by atoms with Gasteiger partial charge in [0.1, 0.15) is 0 Å². The van der Waals surface area contributed by atoms with E-state index in [-0.39, 0.29) is 0 Å². The molecule has 13 heavy (non-hydrogen) atoms. The van der Waals surface area contributed by atoms with Crippen LogP contribution in [0.15, 0.2) is 12.2 Å². The Bertz CT molecular complexity index is 248. The molecule has 3 aliphatic carbocycles. The summed E-state index contributed by atoms with van der Waals surface area (Å²) in [5.41, 5.74) is 0.336.